The number of quaternary nitrogens is 1. The maximum Gasteiger partial charge on any atom is 0.416 e. The smallest absolute Gasteiger partial charge is 0.416 e. The molecule has 4 nitrogen and oxygen atoms in total. The fourth-order valence-electron chi connectivity index (χ4n) is 3.64. The molecule has 0 spiro atoms. The van der Waals surface area contributed by atoms with Gasteiger partial charge in [-0.25, -0.2) is 4.79 Å². The van der Waals surface area contributed by atoms with Crippen molar-refractivity contribution in [3.8, 4) is 11.5 Å². The van der Waals surface area contributed by atoms with Crippen LogP contribution >= 0.6 is 0 Å². The summed E-state index contributed by atoms with van der Waals surface area (Å²) in [6.45, 7) is 0.845. The second-order valence-electron chi connectivity index (χ2n) is 7.60. The average Bonchev–Trinajstić information content (AvgIpc) is 3.58. The van der Waals surface area contributed by atoms with E-state index in [2.05, 4.69) is 0 Å². The Balaban J connectivity index is 1.61. The minimum absolute atomic E-state index is 0.0489. The first-order valence-corrected chi connectivity index (χ1v) is 9.78. The van der Waals surface area contributed by atoms with Crippen molar-refractivity contribution < 1.29 is 22.7 Å². The van der Waals surface area contributed by atoms with Crippen molar-refractivity contribution in [2.45, 2.75) is 19.0 Å². The Labute approximate surface area is 172 Å². The van der Waals surface area contributed by atoms with Crippen LogP contribution in [-0.4, -0.2) is 19.0 Å². The highest BCUT2D eigenvalue weighted by molar-refractivity contribution is 5.94. The molecule has 30 heavy (non-hydrogen) atoms. The number of nitrogens with zero attached hydrogens (tertiary/aromatic N) is 1. The Morgan fingerprint density at radius 2 is 1.83 bits per heavy atom. The summed E-state index contributed by atoms with van der Waals surface area (Å²) in [5.74, 6) is 0.678. The lowest BCUT2D eigenvalue weighted by Gasteiger charge is -2.33. The van der Waals surface area contributed by atoms with Crippen LogP contribution in [0.15, 0.2) is 72.5 Å². The molecule has 1 saturated carbocycles. The molecule has 2 aromatic carbocycles. The molecule has 1 unspecified atom stereocenters. The number of alkyl halides is 3. The molecule has 1 heterocycles. The van der Waals surface area contributed by atoms with Crippen LogP contribution in [0.3, 0.4) is 0 Å². The molecule has 1 aliphatic heterocycles. The zero-order valence-electron chi connectivity index (χ0n) is 16.2. The van der Waals surface area contributed by atoms with E-state index < -0.39 is 11.7 Å². The summed E-state index contributed by atoms with van der Waals surface area (Å²) in [7, 11) is 0. The number of carbonyl (C=O) groups excluding carboxylic acids is 1. The van der Waals surface area contributed by atoms with Gasteiger partial charge in [-0.3, -0.25) is 0 Å². The van der Waals surface area contributed by atoms with Crippen LogP contribution in [0.4, 0.5) is 18.9 Å². The van der Waals surface area contributed by atoms with E-state index in [1.165, 1.54) is 12.1 Å². The third-order valence-electron chi connectivity index (χ3n) is 5.36. The highest BCUT2D eigenvalue weighted by Gasteiger charge is 2.47. The van der Waals surface area contributed by atoms with Gasteiger partial charge in [0.25, 0.3) is 0 Å². The van der Waals surface area contributed by atoms with Gasteiger partial charge in [0.15, 0.2) is 0 Å². The van der Waals surface area contributed by atoms with E-state index in [0.717, 1.165) is 36.2 Å². The molecule has 1 fully saturated rings. The van der Waals surface area contributed by atoms with Crippen LogP contribution in [0.25, 0.3) is 0 Å². The normalized spacial score (nSPS) is 21.3. The quantitative estimate of drug-likeness (QED) is 0.687. The van der Waals surface area contributed by atoms with E-state index in [9.17, 15) is 18.0 Å². The van der Waals surface area contributed by atoms with Gasteiger partial charge < -0.3 is 10.5 Å². The monoisotopic (exact) mass is 415 g/mol. The van der Waals surface area contributed by atoms with Crippen LogP contribution < -0.4 is 15.0 Å². The van der Waals surface area contributed by atoms with E-state index in [1.54, 1.807) is 24.3 Å². The van der Waals surface area contributed by atoms with Gasteiger partial charge in [-0.15, -0.1) is 0 Å². The standard InChI is InChI=1S/C23H22F3N2O2/c24-23(25,26)18-4-1-5-21(13-18)30-20-10-8-19(9-11-20)28(22(29)17-6-7-17)12-2-3-16(14-27)15-28/h1-5,8-11,13,15,17H,6-7,12,14,27H2/q+1. The molecular weight excluding hydrogens is 393 g/mol. The third-order valence-corrected chi connectivity index (χ3v) is 5.36. The first kappa shape index (κ1) is 20.4. The zero-order chi connectivity index (χ0) is 21.4. The highest BCUT2D eigenvalue weighted by Crippen LogP contribution is 2.39. The Morgan fingerprint density at radius 3 is 2.47 bits per heavy atom. The van der Waals surface area contributed by atoms with E-state index in [-0.39, 0.29) is 22.1 Å². The van der Waals surface area contributed by atoms with Crippen LogP contribution in [0.1, 0.15) is 18.4 Å². The molecule has 1 aliphatic carbocycles. The minimum Gasteiger partial charge on any atom is -0.457 e. The van der Waals surface area contributed by atoms with Crippen LogP contribution in [0, 0.1) is 5.92 Å². The van der Waals surface area contributed by atoms with Crippen molar-refractivity contribution in [3.05, 3.63) is 78.0 Å². The number of rotatable bonds is 5. The van der Waals surface area contributed by atoms with Crippen LogP contribution in [-0.2, 0) is 11.0 Å². The van der Waals surface area contributed by atoms with Crippen molar-refractivity contribution in [3.63, 3.8) is 0 Å². The average molecular weight is 415 g/mol. The summed E-state index contributed by atoms with van der Waals surface area (Å²) in [5.41, 5.74) is 6.70. The van der Waals surface area contributed by atoms with Gasteiger partial charge >= 0.3 is 12.1 Å². The first-order valence-electron chi connectivity index (χ1n) is 9.78. The first-order chi connectivity index (χ1) is 14.3. The molecular formula is C23H22F3N2O2+. The van der Waals surface area contributed by atoms with Crippen molar-refractivity contribution in [2.75, 3.05) is 13.1 Å². The van der Waals surface area contributed by atoms with Crippen molar-refractivity contribution in [1.82, 2.24) is 4.48 Å². The van der Waals surface area contributed by atoms with Gasteiger partial charge in [-0.2, -0.15) is 17.7 Å². The second-order valence-corrected chi connectivity index (χ2v) is 7.60. The summed E-state index contributed by atoms with van der Waals surface area (Å²) in [6.07, 6.45) is 3.15. The Morgan fingerprint density at radius 1 is 1.10 bits per heavy atom. The number of amides is 1. The topological polar surface area (TPSA) is 52.3 Å². The van der Waals surface area contributed by atoms with Gasteiger partial charge in [0, 0.05) is 24.3 Å². The molecule has 2 N–H and O–H groups in total. The molecule has 0 saturated heterocycles. The molecule has 0 aromatic heterocycles. The fourth-order valence-corrected chi connectivity index (χ4v) is 3.64. The lowest BCUT2D eigenvalue weighted by Crippen LogP contribution is -2.52. The summed E-state index contributed by atoms with van der Waals surface area (Å²) < 4.78 is 44.4. The van der Waals surface area contributed by atoms with Crippen LogP contribution in [0.2, 0.25) is 0 Å². The number of halogens is 3. The SMILES string of the molecule is NCC1=C[N+](C(=O)C2CC2)(c2ccc(Oc3cccc(C(F)(F)F)c3)cc2)CC=C1. The van der Waals surface area contributed by atoms with Gasteiger partial charge in [-0.05, 0) is 49.2 Å². The van der Waals surface area contributed by atoms with Crippen molar-refractivity contribution in [1.29, 1.82) is 0 Å². The lowest BCUT2D eigenvalue weighted by molar-refractivity contribution is -0.137. The third kappa shape index (κ3) is 4.04. The van der Waals surface area contributed by atoms with Gasteiger partial charge in [0.2, 0.25) is 0 Å². The number of benzene rings is 2. The Bertz CT molecular complexity index is 1010. The van der Waals surface area contributed by atoms with E-state index in [1.807, 2.05) is 18.4 Å². The molecule has 1 atom stereocenters. The minimum atomic E-state index is -4.43. The summed E-state index contributed by atoms with van der Waals surface area (Å²) in [5, 5.41) is 0. The summed E-state index contributed by atoms with van der Waals surface area (Å²) in [4.78, 5) is 13.2. The molecule has 156 valence electrons. The lowest BCUT2D eigenvalue weighted by atomic mass is 10.1. The van der Waals surface area contributed by atoms with Gasteiger partial charge in [0.1, 0.15) is 29.9 Å². The number of hydrogen-bond acceptors (Lipinski definition) is 3. The molecule has 0 radical (unpaired) electrons. The largest absolute Gasteiger partial charge is 0.457 e. The zero-order valence-corrected chi connectivity index (χ0v) is 16.2. The predicted molar refractivity (Wildman–Crippen MR) is 109 cm³/mol. The second kappa shape index (κ2) is 7.74. The van der Waals surface area contributed by atoms with Crippen molar-refractivity contribution >= 4 is 11.6 Å². The van der Waals surface area contributed by atoms with E-state index >= 15 is 0 Å². The van der Waals surface area contributed by atoms with Crippen LogP contribution in [0.5, 0.6) is 11.5 Å². The Kier molecular flexibility index (Phi) is 5.26. The number of ether oxygens (including phenoxy) is 1. The maximum atomic E-state index is 13.2. The highest BCUT2D eigenvalue weighted by atomic mass is 19.4. The number of carbonyl (C=O) groups is 1. The predicted octanol–water partition coefficient (Wildman–Crippen LogP) is 5.15. The molecule has 2 aromatic rings. The molecule has 1 amide bonds. The molecule has 7 heteroatoms. The summed E-state index contributed by atoms with van der Waals surface area (Å²) in [6, 6.07) is 11.6. The van der Waals surface area contributed by atoms with Gasteiger partial charge in [0.05, 0.1) is 11.5 Å². The van der Waals surface area contributed by atoms with E-state index in [4.69, 9.17) is 10.5 Å². The van der Waals surface area contributed by atoms with E-state index in [0.29, 0.717) is 18.8 Å². The molecule has 4 rings (SSSR count). The summed E-state index contributed by atoms with van der Waals surface area (Å²) >= 11 is 0. The number of hydrogen-bond donors (Lipinski definition) is 1. The Hall–Kier alpha value is -2.90. The molecule has 2 aliphatic rings. The fraction of sp³-hybridized carbons (Fsp3) is 0.261. The molecule has 0 bridgehead atoms. The van der Waals surface area contributed by atoms with Gasteiger partial charge in [-0.1, -0.05) is 12.1 Å². The number of nitrogens with two attached hydrogens (primary N) is 1. The maximum absolute atomic E-state index is 13.2. The van der Waals surface area contributed by atoms with Crippen molar-refractivity contribution in [2.24, 2.45) is 11.7 Å².